The molecule has 1 aliphatic rings. The molecule has 4 rings (SSSR count). The zero-order chi connectivity index (χ0) is 18.3. The molecule has 3 aromatic rings. The van der Waals surface area contributed by atoms with Crippen LogP contribution in [0.5, 0.6) is 0 Å². The molecule has 3 aromatic heterocycles. The van der Waals surface area contributed by atoms with Crippen molar-refractivity contribution < 1.29 is 0 Å². The highest BCUT2D eigenvalue weighted by atomic mass is 32.2. The van der Waals surface area contributed by atoms with Crippen molar-refractivity contribution in [3.8, 4) is 0 Å². The Kier molecular flexibility index (Phi) is 4.94. The average Bonchev–Trinajstić information content (AvgIpc) is 3.13. The van der Waals surface area contributed by atoms with Gasteiger partial charge in [-0.2, -0.15) is 0 Å². The number of aryl methyl sites for hydroxylation is 3. The number of nitrogens with zero attached hydrogens (tertiary/aromatic N) is 7. The molecule has 1 aliphatic heterocycles. The van der Waals surface area contributed by atoms with E-state index >= 15 is 0 Å². The van der Waals surface area contributed by atoms with Gasteiger partial charge in [0.1, 0.15) is 15.7 Å². The summed E-state index contributed by atoms with van der Waals surface area (Å²) in [6.07, 6.45) is 2.51. The molecule has 0 radical (unpaired) electrons. The highest BCUT2D eigenvalue weighted by Gasteiger charge is 2.20. The maximum absolute atomic E-state index is 4.91. The van der Waals surface area contributed by atoms with E-state index in [9.17, 15) is 0 Å². The Bertz CT molecular complexity index is 925. The monoisotopic (exact) mass is 389 g/mol. The van der Waals surface area contributed by atoms with Crippen molar-refractivity contribution in [3.63, 3.8) is 0 Å². The summed E-state index contributed by atoms with van der Waals surface area (Å²) in [4.78, 5) is 14.6. The van der Waals surface area contributed by atoms with Crippen molar-refractivity contribution in [1.82, 2.24) is 35.1 Å². The topological polar surface area (TPSA) is 72.6 Å². The number of likely N-dealkylation sites (tertiary alicyclic amines) is 1. The summed E-state index contributed by atoms with van der Waals surface area (Å²) in [5.74, 6) is 1.72. The van der Waals surface area contributed by atoms with E-state index in [0.29, 0.717) is 0 Å². The minimum atomic E-state index is 0.742. The summed E-state index contributed by atoms with van der Waals surface area (Å²) in [6.45, 7) is 9.68. The maximum Gasteiger partial charge on any atom is 0.215 e. The molecule has 4 heterocycles. The first-order valence-corrected chi connectivity index (χ1v) is 10.5. The molecule has 0 aliphatic carbocycles. The Labute approximate surface area is 161 Å². The van der Waals surface area contributed by atoms with Crippen LogP contribution < -0.4 is 0 Å². The van der Waals surface area contributed by atoms with E-state index in [0.717, 1.165) is 51.8 Å². The van der Waals surface area contributed by atoms with Crippen molar-refractivity contribution in [2.45, 2.75) is 50.3 Å². The molecule has 0 N–H and O–H groups in total. The normalized spacial score (nSPS) is 16.6. The first-order valence-electron chi connectivity index (χ1n) is 8.90. The van der Waals surface area contributed by atoms with Crippen molar-refractivity contribution in [1.29, 1.82) is 0 Å². The van der Waals surface area contributed by atoms with Gasteiger partial charge in [-0.15, -0.1) is 16.4 Å². The molecule has 7 nitrogen and oxygen atoms in total. The molecule has 138 valence electrons. The first kappa shape index (κ1) is 17.8. The summed E-state index contributed by atoms with van der Waals surface area (Å²) in [5, 5.41) is 14.6. The third-order valence-electron chi connectivity index (χ3n) is 5.05. The second-order valence-electron chi connectivity index (χ2n) is 7.05. The Balaban J connectivity index is 1.69. The predicted molar refractivity (Wildman–Crippen MR) is 103 cm³/mol. The van der Waals surface area contributed by atoms with E-state index < -0.39 is 0 Å². The molecule has 1 saturated heterocycles. The van der Waals surface area contributed by atoms with Crippen LogP contribution in [0.2, 0.25) is 0 Å². The predicted octanol–water partition coefficient (Wildman–Crippen LogP) is 3.21. The minimum absolute atomic E-state index is 0.742. The molecule has 0 atom stereocenters. The van der Waals surface area contributed by atoms with Gasteiger partial charge in [0.05, 0.1) is 6.54 Å². The van der Waals surface area contributed by atoms with Gasteiger partial charge in [0.15, 0.2) is 0 Å². The van der Waals surface area contributed by atoms with Crippen LogP contribution >= 0.6 is 23.1 Å². The molecule has 0 spiro atoms. The number of rotatable bonds is 4. The molecule has 9 heteroatoms. The molecular weight excluding hydrogens is 366 g/mol. The van der Waals surface area contributed by atoms with E-state index in [2.05, 4.69) is 41.2 Å². The zero-order valence-electron chi connectivity index (χ0n) is 15.6. The van der Waals surface area contributed by atoms with E-state index in [1.165, 1.54) is 35.0 Å². The van der Waals surface area contributed by atoms with Crippen LogP contribution in [0.4, 0.5) is 0 Å². The van der Waals surface area contributed by atoms with Crippen molar-refractivity contribution in [3.05, 3.63) is 16.3 Å². The summed E-state index contributed by atoms with van der Waals surface area (Å²) in [7, 11) is 1.85. The maximum atomic E-state index is 4.91. The van der Waals surface area contributed by atoms with E-state index in [1.54, 1.807) is 16.0 Å². The number of hydrogen-bond acceptors (Lipinski definition) is 8. The van der Waals surface area contributed by atoms with Crippen molar-refractivity contribution >= 4 is 33.3 Å². The van der Waals surface area contributed by atoms with Gasteiger partial charge < -0.3 is 0 Å². The second kappa shape index (κ2) is 7.21. The summed E-state index contributed by atoms with van der Waals surface area (Å²) >= 11 is 3.26. The van der Waals surface area contributed by atoms with Gasteiger partial charge in [0, 0.05) is 17.3 Å². The third kappa shape index (κ3) is 3.47. The van der Waals surface area contributed by atoms with Crippen LogP contribution in [0.1, 0.15) is 36.0 Å². The van der Waals surface area contributed by atoms with Crippen LogP contribution in [0.25, 0.3) is 10.2 Å². The van der Waals surface area contributed by atoms with E-state index in [-0.39, 0.29) is 0 Å². The fourth-order valence-corrected chi connectivity index (χ4v) is 5.25. The molecule has 0 aromatic carbocycles. The van der Waals surface area contributed by atoms with Crippen LogP contribution in [0, 0.1) is 19.8 Å². The molecule has 0 unspecified atom stereocenters. The molecular formula is C17H23N7S2. The highest BCUT2D eigenvalue weighted by Crippen LogP contribution is 2.37. The van der Waals surface area contributed by atoms with Gasteiger partial charge in [-0.3, -0.25) is 4.90 Å². The third-order valence-corrected chi connectivity index (χ3v) is 7.17. The summed E-state index contributed by atoms with van der Waals surface area (Å²) < 4.78 is 1.68. The number of tetrazole rings is 1. The van der Waals surface area contributed by atoms with Crippen molar-refractivity contribution in [2.75, 3.05) is 13.1 Å². The number of aromatic nitrogens is 6. The number of fused-ring (bicyclic) bond motifs is 1. The molecule has 0 bridgehead atoms. The summed E-state index contributed by atoms with van der Waals surface area (Å²) in [6, 6.07) is 0. The van der Waals surface area contributed by atoms with Gasteiger partial charge in [-0.1, -0.05) is 6.92 Å². The van der Waals surface area contributed by atoms with Gasteiger partial charge in [0.2, 0.25) is 5.16 Å². The minimum Gasteiger partial charge on any atom is -0.296 e. The number of piperidine rings is 1. The molecule has 0 amide bonds. The molecule has 26 heavy (non-hydrogen) atoms. The Morgan fingerprint density at radius 3 is 2.65 bits per heavy atom. The Morgan fingerprint density at radius 1 is 1.19 bits per heavy atom. The quantitative estimate of drug-likeness (QED) is 0.634. The first-order chi connectivity index (χ1) is 12.5. The number of thiophene rings is 1. The zero-order valence-corrected chi connectivity index (χ0v) is 17.2. The smallest absolute Gasteiger partial charge is 0.215 e. The fourth-order valence-electron chi connectivity index (χ4n) is 3.21. The lowest BCUT2D eigenvalue weighted by Crippen LogP contribution is -2.33. The van der Waals surface area contributed by atoms with E-state index in [4.69, 9.17) is 9.97 Å². The van der Waals surface area contributed by atoms with Crippen LogP contribution in [0.3, 0.4) is 0 Å². The lowest BCUT2D eigenvalue weighted by atomic mass is 9.99. The lowest BCUT2D eigenvalue weighted by molar-refractivity contribution is 0.181. The van der Waals surface area contributed by atoms with Gasteiger partial charge in [-0.05, 0) is 73.4 Å². The lowest BCUT2D eigenvalue weighted by Gasteiger charge is -2.29. The summed E-state index contributed by atoms with van der Waals surface area (Å²) in [5.41, 5.74) is 1.25. The molecule has 1 fully saturated rings. The van der Waals surface area contributed by atoms with Crippen LogP contribution in [-0.2, 0) is 13.6 Å². The largest absolute Gasteiger partial charge is 0.296 e. The van der Waals surface area contributed by atoms with Gasteiger partial charge >= 0.3 is 0 Å². The SMILES string of the molecule is Cc1sc2nc(CN3CCC(C)CC3)nc(Sc3nnnn3C)c2c1C. The van der Waals surface area contributed by atoms with Crippen molar-refractivity contribution in [2.24, 2.45) is 13.0 Å². The Morgan fingerprint density at radius 2 is 1.96 bits per heavy atom. The van der Waals surface area contributed by atoms with Crippen LogP contribution in [0.15, 0.2) is 10.2 Å². The van der Waals surface area contributed by atoms with Crippen LogP contribution in [-0.4, -0.2) is 48.2 Å². The molecule has 0 saturated carbocycles. The van der Waals surface area contributed by atoms with Gasteiger partial charge in [-0.25, -0.2) is 14.6 Å². The van der Waals surface area contributed by atoms with E-state index in [1.807, 2.05) is 7.05 Å². The second-order valence-corrected chi connectivity index (χ2v) is 9.21. The number of hydrogen-bond donors (Lipinski definition) is 0. The Hall–Kier alpha value is -1.58. The average molecular weight is 390 g/mol. The fraction of sp³-hybridized carbons (Fsp3) is 0.588. The van der Waals surface area contributed by atoms with Gasteiger partial charge in [0.25, 0.3) is 0 Å². The standard InChI is InChI=1S/C17H23N7S2/c1-10-5-7-24(8-6-10)9-13-18-15-14(11(2)12(3)25-15)16(19-13)26-17-20-21-22-23(17)4/h10H,5-9H2,1-4H3. The highest BCUT2D eigenvalue weighted by molar-refractivity contribution is 7.99.